The Bertz CT molecular complexity index is 1470. The normalized spacial score (nSPS) is 15.5. The van der Waals surface area contributed by atoms with Crippen LogP contribution < -0.4 is 24.4 Å². The van der Waals surface area contributed by atoms with Gasteiger partial charge in [-0.15, -0.1) is 0 Å². The number of hydrogen-bond donors (Lipinski definition) is 1. The number of nitrogens with zero attached hydrogens (tertiary/aromatic N) is 2. The third-order valence-corrected chi connectivity index (χ3v) is 6.45. The van der Waals surface area contributed by atoms with Crippen LogP contribution in [-0.4, -0.2) is 36.5 Å². The van der Waals surface area contributed by atoms with E-state index in [0.29, 0.717) is 37.7 Å². The lowest BCUT2D eigenvalue weighted by atomic mass is 9.95. The Morgan fingerprint density at radius 3 is 2.59 bits per heavy atom. The zero-order valence-corrected chi connectivity index (χ0v) is 20.0. The molecule has 0 aliphatic carbocycles. The first kappa shape index (κ1) is 23.3. The molecule has 3 aromatic rings. The molecule has 1 atom stereocenters. The first-order chi connectivity index (χ1) is 16.4. The van der Waals surface area contributed by atoms with Gasteiger partial charge >= 0.3 is 5.97 Å². The van der Waals surface area contributed by atoms with Crippen molar-refractivity contribution < 1.29 is 24.1 Å². The van der Waals surface area contributed by atoms with Gasteiger partial charge in [-0.1, -0.05) is 35.6 Å². The topological polar surface area (TPSA) is 99.4 Å². The van der Waals surface area contributed by atoms with Gasteiger partial charge in [-0.3, -0.25) is 9.36 Å². The lowest BCUT2D eigenvalue weighted by Gasteiger charge is -2.25. The van der Waals surface area contributed by atoms with Crippen LogP contribution in [-0.2, 0) is 9.53 Å². The van der Waals surface area contributed by atoms with Crippen molar-refractivity contribution in [1.29, 1.82) is 0 Å². The molecule has 0 saturated heterocycles. The van der Waals surface area contributed by atoms with Crippen molar-refractivity contribution in [2.75, 3.05) is 20.8 Å². The van der Waals surface area contributed by atoms with Gasteiger partial charge in [-0.2, -0.15) is 0 Å². The molecule has 0 fully saturated rings. The summed E-state index contributed by atoms with van der Waals surface area (Å²) >= 11 is 1.19. The first-order valence-electron chi connectivity index (χ1n) is 10.6. The molecule has 0 saturated carbocycles. The first-order valence-corrected chi connectivity index (χ1v) is 11.4. The molecule has 1 aromatic heterocycles. The molecular formula is C25H24N2O6S. The number of allylic oxidation sites excluding steroid dienone is 1. The second-order valence-corrected chi connectivity index (χ2v) is 8.48. The smallest absolute Gasteiger partial charge is 0.338 e. The minimum absolute atomic E-state index is 0.0631. The number of fused-ring (bicyclic) bond motifs is 1. The molecule has 0 bridgehead atoms. The number of benzene rings is 2. The third-order valence-electron chi connectivity index (χ3n) is 5.46. The molecule has 2 heterocycles. The van der Waals surface area contributed by atoms with Gasteiger partial charge < -0.3 is 19.3 Å². The Labute approximate surface area is 199 Å². The molecule has 0 amide bonds. The van der Waals surface area contributed by atoms with E-state index in [-0.39, 0.29) is 23.5 Å². The Kier molecular flexibility index (Phi) is 6.56. The monoisotopic (exact) mass is 480 g/mol. The number of phenolic OH excluding ortho intramolecular Hbond substituents is 1. The van der Waals surface area contributed by atoms with Gasteiger partial charge in [0.25, 0.3) is 5.56 Å². The predicted molar refractivity (Wildman–Crippen MR) is 128 cm³/mol. The predicted octanol–water partition coefficient (Wildman–Crippen LogP) is 2.52. The highest BCUT2D eigenvalue weighted by molar-refractivity contribution is 7.07. The van der Waals surface area contributed by atoms with Crippen LogP contribution >= 0.6 is 11.3 Å². The van der Waals surface area contributed by atoms with E-state index in [1.807, 2.05) is 0 Å². The number of thiazole rings is 1. The van der Waals surface area contributed by atoms with E-state index in [1.54, 1.807) is 62.4 Å². The molecule has 1 aliphatic rings. The number of rotatable bonds is 6. The number of esters is 1. The lowest BCUT2D eigenvalue weighted by Crippen LogP contribution is -2.39. The summed E-state index contributed by atoms with van der Waals surface area (Å²) in [4.78, 5) is 31.6. The van der Waals surface area contributed by atoms with Gasteiger partial charge in [-0.05, 0) is 43.7 Å². The second kappa shape index (κ2) is 9.56. The summed E-state index contributed by atoms with van der Waals surface area (Å²) in [5.74, 6) is 0.512. The van der Waals surface area contributed by atoms with Crippen molar-refractivity contribution in [2.45, 2.75) is 19.9 Å². The summed E-state index contributed by atoms with van der Waals surface area (Å²) in [6.07, 6.45) is 1.62. The third kappa shape index (κ3) is 4.10. The molecule has 176 valence electrons. The highest BCUT2D eigenvalue weighted by atomic mass is 32.1. The number of carbonyl (C=O) groups is 1. The summed E-state index contributed by atoms with van der Waals surface area (Å²) in [6.45, 7) is 3.63. The fourth-order valence-electron chi connectivity index (χ4n) is 3.88. The number of phenols is 1. The minimum atomic E-state index is -0.776. The van der Waals surface area contributed by atoms with Gasteiger partial charge in [0.2, 0.25) is 0 Å². The molecule has 0 radical (unpaired) electrons. The Morgan fingerprint density at radius 1 is 1.18 bits per heavy atom. The lowest BCUT2D eigenvalue weighted by molar-refractivity contribution is -0.139. The van der Waals surface area contributed by atoms with Crippen LogP contribution in [0.2, 0.25) is 0 Å². The highest BCUT2D eigenvalue weighted by Gasteiger charge is 2.33. The van der Waals surface area contributed by atoms with Gasteiger partial charge in [0, 0.05) is 5.56 Å². The van der Waals surface area contributed by atoms with Crippen molar-refractivity contribution in [3.05, 3.63) is 84.5 Å². The van der Waals surface area contributed by atoms with Crippen LogP contribution in [0.15, 0.2) is 63.5 Å². The van der Waals surface area contributed by atoms with Crippen LogP contribution in [0.5, 0.6) is 17.2 Å². The van der Waals surface area contributed by atoms with Crippen molar-refractivity contribution in [1.82, 2.24) is 4.57 Å². The molecule has 2 aromatic carbocycles. The Balaban J connectivity index is 1.99. The fraction of sp³-hybridized carbons (Fsp3) is 0.240. The van der Waals surface area contributed by atoms with E-state index >= 15 is 0 Å². The highest BCUT2D eigenvalue weighted by Crippen LogP contribution is 2.36. The number of para-hydroxylation sites is 1. The minimum Gasteiger partial charge on any atom is -0.507 e. The van der Waals surface area contributed by atoms with Gasteiger partial charge in [0.15, 0.2) is 16.3 Å². The molecule has 1 aliphatic heterocycles. The van der Waals surface area contributed by atoms with E-state index in [4.69, 9.17) is 14.2 Å². The Hall–Kier alpha value is -3.85. The second-order valence-electron chi connectivity index (χ2n) is 7.48. The van der Waals surface area contributed by atoms with Crippen LogP contribution in [0, 0.1) is 0 Å². The van der Waals surface area contributed by atoms with E-state index in [1.165, 1.54) is 30.1 Å². The van der Waals surface area contributed by atoms with E-state index in [0.717, 1.165) is 0 Å². The summed E-state index contributed by atoms with van der Waals surface area (Å²) in [5, 5.41) is 10.2. The fourth-order valence-corrected chi connectivity index (χ4v) is 4.92. The summed E-state index contributed by atoms with van der Waals surface area (Å²) in [6, 6.07) is 11.2. The average Bonchev–Trinajstić information content (AvgIpc) is 3.13. The molecule has 4 rings (SSSR count). The zero-order valence-electron chi connectivity index (χ0n) is 19.2. The number of hydrogen-bond acceptors (Lipinski definition) is 8. The molecule has 9 heteroatoms. The average molecular weight is 481 g/mol. The van der Waals surface area contributed by atoms with Crippen LogP contribution in [0.1, 0.15) is 31.0 Å². The van der Waals surface area contributed by atoms with E-state index < -0.39 is 12.0 Å². The molecule has 0 spiro atoms. The van der Waals surface area contributed by atoms with Crippen molar-refractivity contribution in [2.24, 2.45) is 4.99 Å². The molecule has 1 N–H and O–H groups in total. The largest absolute Gasteiger partial charge is 0.507 e. The van der Waals surface area contributed by atoms with Gasteiger partial charge in [0.05, 0.1) is 42.7 Å². The maximum absolute atomic E-state index is 13.6. The number of carbonyl (C=O) groups excluding carboxylic acids is 1. The van der Waals surface area contributed by atoms with Gasteiger partial charge in [-0.25, -0.2) is 9.79 Å². The molecule has 8 nitrogen and oxygen atoms in total. The quantitative estimate of drug-likeness (QED) is 0.545. The van der Waals surface area contributed by atoms with Crippen molar-refractivity contribution in [3.63, 3.8) is 0 Å². The van der Waals surface area contributed by atoms with E-state index in [2.05, 4.69) is 4.99 Å². The zero-order chi connectivity index (χ0) is 24.4. The summed E-state index contributed by atoms with van der Waals surface area (Å²) < 4.78 is 18.0. The van der Waals surface area contributed by atoms with Crippen LogP contribution in [0.25, 0.3) is 6.08 Å². The number of aromatic nitrogens is 1. The maximum atomic E-state index is 13.6. The number of methoxy groups -OCH3 is 2. The summed E-state index contributed by atoms with van der Waals surface area (Å²) in [5.41, 5.74) is 1.56. The van der Waals surface area contributed by atoms with E-state index in [9.17, 15) is 14.7 Å². The summed E-state index contributed by atoms with van der Waals surface area (Å²) in [7, 11) is 3.06. The van der Waals surface area contributed by atoms with Crippen molar-refractivity contribution in [3.8, 4) is 17.2 Å². The molecular weight excluding hydrogens is 456 g/mol. The molecule has 1 unspecified atom stereocenters. The van der Waals surface area contributed by atoms with Gasteiger partial charge in [0.1, 0.15) is 5.75 Å². The van der Waals surface area contributed by atoms with Crippen molar-refractivity contribution >= 4 is 23.4 Å². The Morgan fingerprint density at radius 2 is 1.91 bits per heavy atom. The number of aromatic hydroxyl groups is 1. The van der Waals surface area contributed by atoms with Crippen LogP contribution in [0.3, 0.4) is 0 Å². The maximum Gasteiger partial charge on any atom is 0.338 e. The SMILES string of the molecule is CCOC(=O)C1=C(C)N=c2s/c(=C\c3ccccc3O)c(=O)n2C1c1ccc(OC)c(OC)c1. The standard InChI is InChI=1S/C25H24N2O6S/c1-5-33-24(30)21-14(2)26-25-27(22(21)16-10-11-18(31-3)19(12-16)32-4)23(29)20(34-25)13-15-8-6-7-9-17(15)28/h6-13,22,28H,5H2,1-4H3/b20-13-. The van der Waals surface area contributed by atoms with Crippen LogP contribution in [0.4, 0.5) is 0 Å². The number of ether oxygens (including phenoxy) is 3. The molecule has 34 heavy (non-hydrogen) atoms.